The summed E-state index contributed by atoms with van der Waals surface area (Å²) < 4.78 is 13.8. The lowest BCUT2D eigenvalue weighted by atomic mass is 10.3. The summed E-state index contributed by atoms with van der Waals surface area (Å²) in [5, 5.41) is 0. The average Bonchev–Trinajstić information content (AvgIpc) is 2.55. The van der Waals surface area contributed by atoms with Crippen LogP contribution in [0.3, 0.4) is 0 Å². The maximum absolute atomic E-state index is 13.8. The van der Waals surface area contributed by atoms with Crippen molar-refractivity contribution in [1.29, 1.82) is 0 Å². The molecule has 0 spiro atoms. The minimum absolute atomic E-state index is 0.275. The second kappa shape index (κ2) is 6.36. The van der Waals surface area contributed by atoms with Crippen LogP contribution in [0.5, 0.6) is 0 Å². The Labute approximate surface area is 135 Å². The van der Waals surface area contributed by atoms with Gasteiger partial charge in [0.25, 0.3) is 0 Å². The fourth-order valence-electron chi connectivity index (χ4n) is 2.64. The van der Waals surface area contributed by atoms with E-state index < -0.39 is 0 Å². The Balaban J connectivity index is 1.73. The molecule has 1 saturated heterocycles. The van der Waals surface area contributed by atoms with Crippen molar-refractivity contribution < 1.29 is 4.39 Å². The highest BCUT2D eigenvalue weighted by atomic mass is 19.1. The summed E-state index contributed by atoms with van der Waals surface area (Å²) in [6.07, 6.45) is 1.62. The second-order valence-electron chi connectivity index (χ2n) is 5.84. The number of aryl methyl sites for hydroxylation is 1. The fourth-order valence-corrected chi connectivity index (χ4v) is 2.64. The molecule has 2 aromatic heterocycles. The Morgan fingerprint density at radius 2 is 1.78 bits per heavy atom. The predicted molar refractivity (Wildman–Crippen MR) is 89.7 cm³/mol. The topological polar surface area (TPSA) is 48.4 Å². The number of hydrogen-bond acceptors (Lipinski definition) is 6. The van der Waals surface area contributed by atoms with Gasteiger partial charge in [0.15, 0.2) is 11.6 Å². The molecule has 0 aliphatic carbocycles. The Morgan fingerprint density at radius 1 is 1.09 bits per heavy atom. The summed E-state index contributed by atoms with van der Waals surface area (Å²) in [6, 6.07) is 5.02. The molecular weight excluding hydrogens is 295 g/mol. The Morgan fingerprint density at radius 3 is 2.43 bits per heavy atom. The van der Waals surface area contributed by atoms with Crippen molar-refractivity contribution in [2.24, 2.45) is 0 Å². The predicted octanol–water partition coefficient (Wildman–Crippen LogP) is 1.71. The van der Waals surface area contributed by atoms with Crippen molar-refractivity contribution in [2.45, 2.75) is 6.92 Å². The van der Waals surface area contributed by atoms with Crippen molar-refractivity contribution in [1.82, 2.24) is 15.0 Å². The third-order valence-corrected chi connectivity index (χ3v) is 3.89. The van der Waals surface area contributed by atoms with E-state index in [0.717, 1.165) is 30.5 Å². The van der Waals surface area contributed by atoms with E-state index in [4.69, 9.17) is 0 Å². The summed E-state index contributed by atoms with van der Waals surface area (Å²) in [4.78, 5) is 19.4. The second-order valence-corrected chi connectivity index (χ2v) is 5.84. The van der Waals surface area contributed by atoms with Gasteiger partial charge in [-0.3, -0.25) is 0 Å². The maximum Gasteiger partial charge on any atom is 0.227 e. The molecule has 0 unspecified atom stereocenters. The van der Waals surface area contributed by atoms with Crippen molar-refractivity contribution in [3.63, 3.8) is 0 Å². The van der Waals surface area contributed by atoms with Gasteiger partial charge in [0.2, 0.25) is 5.95 Å². The summed E-state index contributed by atoms with van der Waals surface area (Å²) in [5.41, 5.74) is 0.942. The number of nitrogens with zero attached hydrogens (tertiary/aromatic N) is 6. The highest BCUT2D eigenvalue weighted by molar-refractivity contribution is 5.47. The number of rotatable bonds is 3. The van der Waals surface area contributed by atoms with Crippen LogP contribution >= 0.6 is 0 Å². The van der Waals surface area contributed by atoms with E-state index in [1.54, 1.807) is 12.3 Å². The largest absolute Gasteiger partial charge is 0.363 e. The molecule has 1 fully saturated rings. The SMILES string of the molecule is Cc1cc(N(C)C)nc(N2CCN(c3ncccc3F)CC2)n1. The van der Waals surface area contributed by atoms with E-state index in [9.17, 15) is 4.39 Å². The van der Waals surface area contributed by atoms with Gasteiger partial charge in [-0.2, -0.15) is 4.98 Å². The molecule has 23 heavy (non-hydrogen) atoms. The molecule has 0 N–H and O–H groups in total. The highest BCUT2D eigenvalue weighted by Gasteiger charge is 2.22. The average molecular weight is 316 g/mol. The summed E-state index contributed by atoms with van der Waals surface area (Å²) in [7, 11) is 3.93. The molecular formula is C16H21FN6. The minimum atomic E-state index is -0.275. The molecule has 0 bridgehead atoms. The first-order valence-corrected chi connectivity index (χ1v) is 7.68. The smallest absolute Gasteiger partial charge is 0.227 e. The number of halogens is 1. The molecule has 0 aromatic carbocycles. The van der Waals surface area contributed by atoms with Crippen LogP contribution < -0.4 is 14.7 Å². The van der Waals surface area contributed by atoms with Gasteiger partial charge in [0, 0.05) is 58.2 Å². The molecule has 7 heteroatoms. The van der Waals surface area contributed by atoms with Crippen LogP contribution in [-0.4, -0.2) is 55.2 Å². The number of hydrogen-bond donors (Lipinski definition) is 0. The molecule has 0 amide bonds. The fraction of sp³-hybridized carbons (Fsp3) is 0.438. The molecule has 0 atom stereocenters. The number of pyridine rings is 1. The summed E-state index contributed by atoms with van der Waals surface area (Å²) in [6.45, 7) is 4.85. The zero-order valence-electron chi connectivity index (χ0n) is 13.7. The Bertz CT molecular complexity index is 682. The minimum Gasteiger partial charge on any atom is -0.363 e. The zero-order chi connectivity index (χ0) is 16.4. The van der Waals surface area contributed by atoms with Crippen LogP contribution in [-0.2, 0) is 0 Å². The summed E-state index contributed by atoms with van der Waals surface area (Å²) >= 11 is 0. The van der Waals surface area contributed by atoms with Gasteiger partial charge >= 0.3 is 0 Å². The Kier molecular flexibility index (Phi) is 4.27. The van der Waals surface area contributed by atoms with Crippen LogP contribution in [0.4, 0.5) is 22.0 Å². The van der Waals surface area contributed by atoms with E-state index in [2.05, 4.69) is 19.9 Å². The zero-order valence-corrected chi connectivity index (χ0v) is 13.7. The molecule has 0 radical (unpaired) electrons. The van der Waals surface area contributed by atoms with Crippen molar-refractivity contribution >= 4 is 17.6 Å². The van der Waals surface area contributed by atoms with E-state index >= 15 is 0 Å². The number of anilines is 3. The van der Waals surface area contributed by atoms with Crippen molar-refractivity contribution in [3.8, 4) is 0 Å². The van der Waals surface area contributed by atoms with Crippen LogP contribution in [0.25, 0.3) is 0 Å². The summed E-state index contributed by atoms with van der Waals surface area (Å²) in [5.74, 6) is 1.77. The molecule has 6 nitrogen and oxygen atoms in total. The van der Waals surface area contributed by atoms with Gasteiger partial charge in [-0.05, 0) is 19.1 Å². The molecule has 3 rings (SSSR count). The molecule has 1 aliphatic heterocycles. The van der Waals surface area contributed by atoms with E-state index in [1.807, 2.05) is 36.9 Å². The van der Waals surface area contributed by atoms with Crippen molar-refractivity contribution in [2.75, 3.05) is 55.0 Å². The normalized spacial score (nSPS) is 15.0. The lowest BCUT2D eigenvalue weighted by Crippen LogP contribution is -2.47. The van der Waals surface area contributed by atoms with Crippen molar-refractivity contribution in [3.05, 3.63) is 35.9 Å². The quantitative estimate of drug-likeness (QED) is 0.859. The highest BCUT2D eigenvalue weighted by Crippen LogP contribution is 2.20. The van der Waals surface area contributed by atoms with E-state index in [0.29, 0.717) is 18.9 Å². The van der Waals surface area contributed by atoms with Gasteiger partial charge in [0.05, 0.1) is 0 Å². The molecule has 1 aliphatic rings. The van der Waals surface area contributed by atoms with Crippen LogP contribution in [0.2, 0.25) is 0 Å². The first-order valence-electron chi connectivity index (χ1n) is 7.68. The van der Waals surface area contributed by atoms with Crippen LogP contribution in [0, 0.1) is 12.7 Å². The molecule has 0 saturated carbocycles. The molecule has 2 aromatic rings. The van der Waals surface area contributed by atoms with Crippen LogP contribution in [0.1, 0.15) is 5.69 Å². The Hall–Kier alpha value is -2.44. The number of piperazine rings is 1. The van der Waals surface area contributed by atoms with Gasteiger partial charge in [-0.1, -0.05) is 0 Å². The van der Waals surface area contributed by atoms with Gasteiger partial charge < -0.3 is 14.7 Å². The third kappa shape index (κ3) is 3.33. The van der Waals surface area contributed by atoms with E-state index in [-0.39, 0.29) is 5.82 Å². The molecule has 122 valence electrons. The lowest BCUT2D eigenvalue weighted by molar-refractivity contribution is 0.584. The first kappa shape index (κ1) is 15.5. The van der Waals surface area contributed by atoms with Crippen LogP contribution in [0.15, 0.2) is 24.4 Å². The monoisotopic (exact) mass is 316 g/mol. The lowest BCUT2D eigenvalue weighted by Gasteiger charge is -2.35. The maximum atomic E-state index is 13.8. The molecule has 3 heterocycles. The number of aromatic nitrogens is 3. The standard InChI is InChI=1S/C16H21FN6/c1-12-11-14(21(2)3)20-16(19-12)23-9-7-22(8-10-23)15-13(17)5-4-6-18-15/h4-6,11H,7-10H2,1-3H3. The van der Waals surface area contributed by atoms with Gasteiger partial charge in [-0.25, -0.2) is 14.4 Å². The first-order chi connectivity index (χ1) is 11.0. The van der Waals surface area contributed by atoms with Gasteiger partial charge in [0.1, 0.15) is 5.82 Å². The van der Waals surface area contributed by atoms with Gasteiger partial charge in [-0.15, -0.1) is 0 Å². The van der Waals surface area contributed by atoms with E-state index in [1.165, 1.54) is 6.07 Å². The third-order valence-electron chi connectivity index (χ3n) is 3.89.